The van der Waals surface area contributed by atoms with Crippen LogP contribution in [0.2, 0.25) is 0 Å². The number of rotatable bonds is 3. The minimum atomic E-state index is -0.0678. The van der Waals surface area contributed by atoms with Gasteiger partial charge in [-0.1, -0.05) is 36.0 Å². The molecule has 0 spiro atoms. The molecule has 0 radical (unpaired) electrons. The standard InChI is InChI=1S/C26H25N5O2S/c1-18-6-3-4-7-19(18)17-23-25(33)29(2)21-16-20(8-9-22(21)34-23)24(32)30-12-14-31(15-13-30)26-27-10-5-11-28-26/h3-11,16-17H,12-15H2,1-2H3. The molecule has 1 aromatic heterocycles. The molecule has 3 aromatic rings. The zero-order valence-electron chi connectivity index (χ0n) is 19.1. The lowest BCUT2D eigenvalue weighted by Gasteiger charge is -2.35. The number of aromatic nitrogens is 2. The Bertz CT molecular complexity index is 1270. The molecule has 0 atom stereocenters. The Balaban J connectivity index is 1.32. The van der Waals surface area contributed by atoms with Crippen LogP contribution in [0.25, 0.3) is 6.08 Å². The van der Waals surface area contributed by atoms with E-state index in [1.165, 1.54) is 11.8 Å². The molecule has 3 heterocycles. The molecule has 0 aliphatic carbocycles. The lowest BCUT2D eigenvalue weighted by molar-refractivity contribution is -0.114. The molecule has 2 aromatic carbocycles. The van der Waals surface area contributed by atoms with E-state index in [4.69, 9.17) is 0 Å². The number of aryl methyl sites for hydroxylation is 1. The SMILES string of the molecule is Cc1ccccc1C=C1Sc2ccc(C(=O)N3CCN(c4ncccn4)CC3)cc2N(C)C1=O. The lowest BCUT2D eigenvalue weighted by atomic mass is 10.1. The number of carbonyl (C=O) groups excluding carboxylic acids is 2. The quantitative estimate of drug-likeness (QED) is 0.541. The van der Waals surface area contributed by atoms with Gasteiger partial charge in [-0.15, -0.1) is 0 Å². The maximum atomic E-state index is 13.2. The van der Waals surface area contributed by atoms with Crippen molar-refractivity contribution in [3.05, 3.63) is 82.5 Å². The summed E-state index contributed by atoms with van der Waals surface area (Å²) in [6, 6.07) is 15.4. The Hall–Kier alpha value is -3.65. The molecule has 34 heavy (non-hydrogen) atoms. The van der Waals surface area contributed by atoms with Gasteiger partial charge in [0.15, 0.2) is 0 Å². The van der Waals surface area contributed by atoms with Crippen LogP contribution in [0.3, 0.4) is 0 Å². The number of thioether (sulfide) groups is 1. The lowest BCUT2D eigenvalue weighted by Crippen LogP contribution is -2.49. The smallest absolute Gasteiger partial charge is 0.264 e. The van der Waals surface area contributed by atoms with Gasteiger partial charge in [-0.2, -0.15) is 0 Å². The maximum absolute atomic E-state index is 13.2. The van der Waals surface area contributed by atoms with Crippen LogP contribution in [0.5, 0.6) is 0 Å². The molecule has 0 unspecified atom stereocenters. The normalized spacial score (nSPS) is 17.2. The second-order valence-electron chi connectivity index (χ2n) is 8.34. The molecule has 2 aliphatic heterocycles. The molecule has 1 saturated heterocycles. The second kappa shape index (κ2) is 9.30. The highest BCUT2D eigenvalue weighted by atomic mass is 32.2. The predicted octanol–water partition coefficient (Wildman–Crippen LogP) is 3.86. The number of hydrogen-bond donors (Lipinski definition) is 0. The van der Waals surface area contributed by atoms with Gasteiger partial charge in [-0.05, 0) is 48.4 Å². The van der Waals surface area contributed by atoms with Crippen molar-refractivity contribution in [1.82, 2.24) is 14.9 Å². The van der Waals surface area contributed by atoms with Crippen LogP contribution in [0, 0.1) is 6.92 Å². The fourth-order valence-electron chi connectivity index (χ4n) is 4.16. The fraction of sp³-hybridized carbons (Fsp3) is 0.231. The zero-order valence-corrected chi connectivity index (χ0v) is 20.0. The number of amides is 2. The van der Waals surface area contributed by atoms with E-state index >= 15 is 0 Å². The Morgan fingerprint density at radius 2 is 1.74 bits per heavy atom. The Morgan fingerprint density at radius 3 is 2.47 bits per heavy atom. The van der Waals surface area contributed by atoms with Gasteiger partial charge >= 0.3 is 0 Å². The van der Waals surface area contributed by atoms with Crippen LogP contribution in [0.1, 0.15) is 21.5 Å². The Kier molecular flexibility index (Phi) is 6.06. The van der Waals surface area contributed by atoms with Gasteiger partial charge in [0.1, 0.15) is 0 Å². The summed E-state index contributed by atoms with van der Waals surface area (Å²) in [7, 11) is 1.76. The van der Waals surface area contributed by atoms with Gasteiger partial charge in [0.2, 0.25) is 5.95 Å². The molecule has 8 heteroatoms. The van der Waals surface area contributed by atoms with E-state index in [2.05, 4.69) is 14.9 Å². The highest BCUT2D eigenvalue weighted by Crippen LogP contribution is 2.42. The van der Waals surface area contributed by atoms with E-state index in [-0.39, 0.29) is 11.8 Å². The number of likely N-dealkylation sites (N-methyl/N-ethyl adjacent to an activating group) is 1. The minimum absolute atomic E-state index is 0.0245. The molecule has 0 N–H and O–H groups in total. The van der Waals surface area contributed by atoms with Crippen LogP contribution in [-0.2, 0) is 4.79 Å². The maximum Gasteiger partial charge on any atom is 0.264 e. The van der Waals surface area contributed by atoms with Crippen molar-refractivity contribution in [2.75, 3.05) is 43.0 Å². The molecule has 2 amide bonds. The molecule has 7 nitrogen and oxygen atoms in total. The van der Waals surface area contributed by atoms with Crippen molar-refractivity contribution in [1.29, 1.82) is 0 Å². The molecule has 0 saturated carbocycles. The first-order chi connectivity index (χ1) is 16.5. The Labute approximate surface area is 203 Å². The van der Waals surface area contributed by atoms with E-state index in [1.54, 1.807) is 30.4 Å². The monoisotopic (exact) mass is 471 g/mol. The van der Waals surface area contributed by atoms with Crippen LogP contribution in [0.15, 0.2) is 70.7 Å². The molecule has 0 bridgehead atoms. The van der Waals surface area contributed by atoms with Crippen molar-refractivity contribution in [2.24, 2.45) is 0 Å². The molecule has 1 fully saturated rings. The number of benzene rings is 2. The van der Waals surface area contributed by atoms with Gasteiger partial charge in [0.25, 0.3) is 11.8 Å². The highest BCUT2D eigenvalue weighted by Gasteiger charge is 2.29. The first-order valence-corrected chi connectivity index (χ1v) is 12.0. The van der Waals surface area contributed by atoms with Crippen LogP contribution < -0.4 is 9.80 Å². The van der Waals surface area contributed by atoms with Crippen molar-refractivity contribution in [3.8, 4) is 0 Å². The van der Waals surface area contributed by atoms with Gasteiger partial charge < -0.3 is 14.7 Å². The van der Waals surface area contributed by atoms with Crippen molar-refractivity contribution in [3.63, 3.8) is 0 Å². The van der Waals surface area contributed by atoms with Crippen LogP contribution in [-0.4, -0.2) is 59.9 Å². The number of hydrogen-bond acceptors (Lipinski definition) is 6. The van der Waals surface area contributed by atoms with Crippen LogP contribution in [0.4, 0.5) is 11.6 Å². The summed E-state index contributed by atoms with van der Waals surface area (Å²) in [5, 5.41) is 0. The predicted molar refractivity (Wildman–Crippen MR) is 135 cm³/mol. The summed E-state index contributed by atoms with van der Waals surface area (Å²) in [6.07, 6.45) is 5.39. The molecule has 172 valence electrons. The first-order valence-electron chi connectivity index (χ1n) is 11.2. The highest BCUT2D eigenvalue weighted by molar-refractivity contribution is 8.04. The van der Waals surface area contributed by atoms with Gasteiger partial charge in [0.05, 0.1) is 10.6 Å². The molecule has 5 rings (SSSR count). The minimum Gasteiger partial charge on any atom is -0.337 e. The summed E-state index contributed by atoms with van der Waals surface area (Å²) in [5.74, 6) is 0.598. The molecular formula is C26H25N5O2S. The summed E-state index contributed by atoms with van der Waals surface area (Å²) >= 11 is 1.45. The van der Waals surface area contributed by atoms with Crippen molar-refractivity contribution in [2.45, 2.75) is 11.8 Å². The fourth-order valence-corrected chi connectivity index (χ4v) is 5.25. The number of piperazine rings is 1. The third-order valence-corrected chi connectivity index (χ3v) is 7.26. The third kappa shape index (κ3) is 4.28. The average Bonchev–Trinajstić information content (AvgIpc) is 2.88. The molecular weight excluding hydrogens is 446 g/mol. The summed E-state index contributed by atoms with van der Waals surface area (Å²) < 4.78 is 0. The third-order valence-electron chi connectivity index (χ3n) is 6.18. The largest absolute Gasteiger partial charge is 0.337 e. The summed E-state index contributed by atoms with van der Waals surface area (Å²) in [6.45, 7) is 4.60. The van der Waals surface area contributed by atoms with Gasteiger partial charge in [-0.25, -0.2) is 9.97 Å². The van der Waals surface area contributed by atoms with Crippen molar-refractivity contribution < 1.29 is 9.59 Å². The van der Waals surface area contributed by atoms with Crippen molar-refractivity contribution >= 4 is 41.3 Å². The summed E-state index contributed by atoms with van der Waals surface area (Å²) in [4.78, 5) is 42.1. The molecule has 2 aliphatic rings. The second-order valence-corrected chi connectivity index (χ2v) is 9.43. The topological polar surface area (TPSA) is 69.6 Å². The van der Waals surface area contributed by atoms with E-state index in [9.17, 15) is 9.59 Å². The number of carbonyl (C=O) groups is 2. The van der Waals surface area contributed by atoms with Crippen LogP contribution >= 0.6 is 11.8 Å². The van der Waals surface area contributed by atoms with E-state index < -0.39 is 0 Å². The Morgan fingerprint density at radius 1 is 1.00 bits per heavy atom. The van der Waals surface area contributed by atoms with Gasteiger partial charge in [0, 0.05) is 56.1 Å². The van der Waals surface area contributed by atoms with Gasteiger partial charge in [-0.3, -0.25) is 9.59 Å². The van der Waals surface area contributed by atoms with E-state index in [1.807, 2.05) is 60.4 Å². The number of nitrogens with zero attached hydrogens (tertiary/aromatic N) is 5. The average molecular weight is 472 g/mol. The number of anilines is 2. The van der Waals surface area contributed by atoms with E-state index in [0.717, 1.165) is 21.7 Å². The zero-order chi connectivity index (χ0) is 23.7. The van der Waals surface area contributed by atoms with E-state index in [0.29, 0.717) is 42.6 Å². The number of fused-ring (bicyclic) bond motifs is 1. The first kappa shape index (κ1) is 22.2. The summed E-state index contributed by atoms with van der Waals surface area (Å²) in [5.41, 5.74) is 3.51.